The van der Waals surface area contributed by atoms with Crippen molar-refractivity contribution in [1.82, 2.24) is 4.31 Å². The van der Waals surface area contributed by atoms with E-state index in [1.165, 1.54) is 28.6 Å². The SMILES string of the molecule is CCCN(CCC)S(=O)(=O)c1ccc(C=C(F)F)cc1. The van der Waals surface area contributed by atoms with Crippen molar-refractivity contribution in [3.05, 3.63) is 35.9 Å². The van der Waals surface area contributed by atoms with Crippen LogP contribution < -0.4 is 0 Å². The average Bonchev–Trinajstić information content (AvgIpc) is 2.38. The van der Waals surface area contributed by atoms with Crippen molar-refractivity contribution in [1.29, 1.82) is 0 Å². The highest BCUT2D eigenvalue weighted by Crippen LogP contribution is 2.18. The van der Waals surface area contributed by atoms with Gasteiger partial charge in [0, 0.05) is 19.2 Å². The van der Waals surface area contributed by atoms with Gasteiger partial charge in [0.15, 0.2) is 0 Å². The van der Waals surface area contributed by atoms with Crippen LogP contribution in [-0.2, 0) is 10.0 Å². The minimum absolute atomic E-state index is 0.135. The molecule has 0 aliphatic heterocycles. The van der Waals surface area contributed by atoms with Crippen LogP contribution in [0.15, 0.2) is 35.2 Å². The van der Waals surface area contributed by atoms with Gasteiger partial charge in [0.05, 0.1) is 4.90 Å². The van der Waals surface area contributed by atoms with Crippen LogP contribution in [0.5, 0.6) is 0 Å². The summed E-state index contributed by atoms with van der Waals surface area (Å²) < 4.78 is 50.5. The Morgan fingerprint density at radius 2 is 1.60 bits per heavy atom. The first-order valence-corrected chi connectivity index (χ1v) is 7.98. The molecule has 0 bridgehead atoms. The molecule has 0 unspecified atom stereocenters. The summed E-state index contributed by atoms with van der Waals surface area (Å²) in [6, 6.07) is 5.48. The molecular formula is C14H19F2NO2S. The van der Waals surface area contributed by atoms with E-state index in [1.807, 2.05) is 13.8 Å². The zero-order valence-corrected chi connectivity index (χ0v) is 12.5. The van der Waals surface area contributed by atoms with Crippen molar-refractivity contribution in [3.63, 3.8) is 0 Å². The second-order valence-electron chi connectivity index (χ2n) is 4.41. The summed E-state index contributed by atoms with van der Waals surface area (Å²) in [5.41, 5.74) is 0.279. The molecule has 112 valence electrons. The summed E-state index contributed by atoms with van der Waals surface area (Å²) in [6.07, 6.45) is 0.353. The molecule has 0 atom stereocenters. The molecule has 0 saturated carbocycles. The van der Waals surface area contributed by atoms with Crippen molar-refractivity contribution in [2.24, 2.45) is 0 Å². The number of rotatable bonds is 7. The maximum atomic E-state index is 12.4. The van der Waals surface area contributed by atoms with Gasteiger partial charge < -0.3 is 0 Å². The first kappa shape index (κ1) is 16.8. The van der Waals surface area contributed by atoms with Crippen LogP contribution in [-0.4, -0.2) is 25.8 Å². The molecule has 20 heavy (non-hydrogen) atoms. The lowest BCUT2D eigenvalue weighted by atomic mass is 10.2. The van der Waals surface area contributed by atoms with E-state index in [-0.39, 0.29) is 10.5 Å². The third-order valence-electron chi connectivity index (χ3n) is 2.74. The van der Waals surface area contributed by atoms with Gasteiger partial charge in [-0.1, -0.05) is 26.0 Å². The molecule has 0 aromatic heterocycles. The Labute approximate surface area is 119 Å². The molecule has 0 spiro atoms. The lowest BCUT2D eigenvalue weighted by molar-refractivity contribution is 0.410. The zero-order valence-electron chi connectivity index (χ0n) is 11.6. The van der Waals surface area contributed by atoms with Gasteiger partial charge in [-0.2, -0.15) is 13.1 Å². The van der Waals surface area contributed by atoms with Gasteiger partial charge in [-0.3, -0.25) is 0 Å². The van der Waals surface area contributed by atoms with E-state index in [1.54, 1.807) is 0 Å². The van der Waals surface area contributed by atoms with Gasteiger partial charge in [0.25, 0.3) is 6.08 Å². The molecule has 1 aromatic carbocycles. The quantitative estimate of drug-likeness (QED) is 0.769. The highest BCUT2D eigenvalue weighted by Gasteiger charge is 2.22. The topological polar surface area (TPSA) is 37.4 Å². The van der Waals surface area contributed by atoms with E-state index in [2.05, 4.69) is 0 Å². The van der Waals surface area contributed by atoms with Crippen molar-refractivity contribution < 1.29 is 17.2 Å². The number of sulfonamides is 1. The molecule has 1 aromatic rings. The predicted molar refractivity (Wildman–Crippen MR) is 76.0 cm³/mol. The summed E-state index contributed by atoms with van der Waals surface area (Å²) in [4.78, 5) is 0.135. The third-order valence-corrected chi connectivity index (χ3v) is 4.65. The highest BCUT2D eigenvalue weighted by atomic mass is 32.2. The molecule has 0 heterocycles. The minimum Gasteiger partial charge on any atom is -0.207 e. The van der Waals surface area contributed by atoms with Crippen molar-refractivity contribution in [2.45, 2.75) is 31.6 Å². The molecule has 0 radical (unpaired) electrons. The Balaban J connectivity index is 3.05. The summed E-state index contributed by atoms with van der Waals surface area (Å²) in [5.74, 6) is 0. The van der Waals surface area contributed by atoms with Gasteiger partial charge in [-0.15, -0.1) is 0 Å². The fraction of sp³-hybridized carbons (Fsp3) is 0.429. The lowest BCUT2D eigenvalue weighted by Gasteiger charge is -2.21. The molecule has 6 heteroatoms. The highest BCUT2D eigenvalue weighted by molar-refractivity contribution is 7.89. The molecule has 0 N–H and O–H groups in total. The van der Waals surface area contributed by atoms with Crippen LogP contribution in [0.2, 0.25) is 0 Å². The van der Waals surface area contributed by atoms with E-state index >= 15 is 0 Å². The zero-order chi connectivity index (χ0) is 15.2. The van der Waals surface area contributed by atoms with Gasteiger partial charge >= 0.3 is 0 Å². The predicted octanol–water partition coefficient (Wildman–Crippen LogP) is 3.73. The molecule has 0 aliphatic carbocycles. The fourth-order valence-electron chi connectivity index (χ4n) is 1.86. The third kappa shape index (κ3) is 4.38. The van der Waals surface area contributed by atoms with Crippen LogP contribution >= 0.6 is 0 Å². The van der Waals surface area contributed by atoms with Crippen LogP contribution in [0.1, 0.15) is 32.3 Å². The van der Waals surface area contributed by atoms with Crippen LogP contribution in [0.4, 0.5) is 8.78 Å². The smallest absolute Gasteiger partial charge is 0.207 e. The standard InChI is InChI=1S/C14H19F2NO2S/c1-3-9-17(10-4-2)20(18,19)13-7-5-12(6-8-13)11-14(15)16/h5-8,11H,3-4,9-10H2,1-2H3. The average molecular weight is 303 g/mol. The summed E-state index contributed by atoms with van der Waals surface area (Å²) in [6.45, 7) is 4.74. The maximum Gasteiger partial charge on any atom is 0.270 e. The summed E-state index contributed by atoms with van der Waals surface area (Å²) in [5, 5.41) is 0. The number of nitrogens with zero attached hydrogens (tertiary/aromatic N) is 1. The number of hydrogen-bond donors (Lipinski definition) is 0. The Kier molecular flexibility index (Phi) is 6.29. The summed E-state index contributed by atoms with van der Waals surface area (Å²) >= 11 is 0. The normalized spacial score (nSPS) is 11.7. The second kappa shape index (κ2) is 7.50. The largest absolute Gasteiger partial charge is 0.270 e. The number of halogens is 2. The number of hydrogen-bond acceptors (Lipinski definition) is 2. The molecule has 0 amide bonds. The van der Waals surface area contributed by atoms with Gasteiger partial charge in [0.2, 0.25) is 10.0 Å². The van der Waals surface area contributed by atoms with Gasteiger partial charge in [0.1, 0.15) is 0 Å². The molecule has 0 aliphatic rings. The summed E-state index contributed by atoms with van der Waals surface area (Å²) in [7, 11) is -3.55. The van der Waals surface area contributed by atoms with E-state index in [0.717, 1.165) is 12.8 Å². The molecular weight excluding hydrogens is 284 g/mol. The van der Waals surface area contributed by atoms with Crippen molar-refractivity contribution in [2.75, 3.05) is 13.1 Å². The maximum absolute atomic E-state index is 12.4. The van der Waals surface area contributed by atoms with Crippen LogP contribution in [0, 0.1) is 0 Å². The first-order valence-electron chi connectivity index (χ1n) is 6.54. The van der Waals surface area contributed by atoms with Gasteiger partial charge in [-0.05, 0) is 30.5 Å². The molecule has 0 fully saturated rings. The van der Waals surface area contributed by atoms with Crippen molar-refractivity contribution >= 4 is 16.1 Å². The van der Waals surface area contributed by atoms with E-state index in [4.69, 9.17) is 0 Å². The Morgan fingerprint density at radius 3 is 2.00 bits per heavy atom. The fourth-order valence-corrected chi connectivity index (χ4v) is 3.49. The first-order chi connectivity index (χ1) is 9.41. The van der Waals surface area contributed by atoms with Crippen LogP contribution in [0.25, 0.3) is 6.08 Å². The van der Waals surface area contributed by atoms with E-state index < -0.39 is 16.1 Å². The Morgan fingerprint density at radius 1 is 1.10 bits per heavy atom. The Bertz CT molecular complexity index is 543. The monoisotopic (exact) mass is 303 g/mol. The van der Waals surface area contributed by atoms with Gasteiger partial charge in [-0.25, -0.2) is 8.42 Å². The van der Waals surface area contributed by atoms with E-state index in [9.17, 15) is 17.2 Å². The Hall–Kier alpha value is -1.27. The van der Waals surface area contributed by atoms with Crippen LogP contribution in [0.3, 0.4) is 0 Å². The second-order valence-corrected chi connectivity index (χ2v) is 6.35. The van der Waals surface area contributed by atoms with E-state index in [0.29, 0.717) is 19.2 Å². The number of benzene rings is 1. The molecule has 3 nitrogen and oxygen atoms in total. The lowest BCUT2D eigenvalue weighted by Crippen LogP contribution is -2.32. The molecule has 0 saturated heterocycles. The minimum atomic E-state index is -3.55. The van der Waals surface area contributed by atoms with Crippen molar-refractivity contribution in [3.8, 4) is 0 Å². The molecule has 1 rings (SSSR count).